The summed E-state index contributed by atoms with van der Waals surface area (Å²) in [5.74, 6) is -1.25. The first kappa shape index (κ1) is 15.4. The van der Waals surface area contributed by atoms with Gasteiger partial charge in [0.25, 0.3) is 5.91 Å². The van der Waals surface area contributed by atoms with Crippen molar-refractivity contribution >= 4 is 23.5 Å². The molecule has 6 heteroatoms. The molecule has 104 valence electrons. The van der Waals surface area contributed by atoms with Crippen LogP contribution in [0.3, 0.4) is 0 Å². The van der Waals surface area contributed by atoms with Gasteiger partial charge in [-0.2, -0.15) is 0 Å². The summed E-state index contributed by atoms with van der Waals surface area (Å²) >= 11 is 5.79. The summed E-state index contributed by atoms with van der Waals surface area (Å²) in [4.78, 5) is 26.7. The lowest BCUT2D eigenvalue weighted by atomic mass is 10.1. The number of aliphatic carboxylic acids is 1. The number of amides is 1. The Morgan fingerprint density at radius 1 is 1.47 bits per heavy atom. The van der Waals surface area contributed by atoms with Gasteiger partial charge in [-0.1, -0.05) is 24.9 Å². The zero-order valence-electron chi connectivity index (χ0n) is 10.9. The summed E-state index contributed by atoms with van der Waals surface area (Å²) in [6, 6.07) is 2.71. The Bertz CT molecular complexity index is 457. The Hall–Kier alpha value is -1.62. The molecule has 0 aromatic carbocycles. The molecule has 0 saturated heterocycles. The van der Waals surface area contributed by atoms with Gasteiger partial charge in [0.15, 0.2) is 0 Å². The number of carboxylic acid groups (broad SMARTS) is 1. The van der Waals surface area contributed by atoms with Crippen LogP contribution in [0.2, 0.25) is 5.15 Å². The molecular weight excluding hydrogens is 268 g/mol. The van der Waals surface area contributed by atoms with E-state index in [-0.39, 0.29) is 23.5 Å². The van der Waals surface area contributed by atoms with Gasteiger partial charge in [-0.3, -0.25) is 9.59 Å². The van der Waals surface area contributed by atoms with Gasteiger partial charge in [-0.15, -0.1) is 0 Å². The zero-order valence-corrected chi connectivity index (χ0v) is 11.7. The number of hydrogen-bond acceptors (Lipinski definition) is 3. The van der Waals surface area contributed by atoms with Gasteiger partial charge in [0.1, 0.15) is 5.15 Å². The molecule has 1 aromatic rings. The smallest absolute Gasteiger partial charge is 0.305 e. The Labute approximate surface area is 117 Å². The van der Waals surface area contributed by atoms with Crippen molar-refractivity contribution in [2.75, 3.05) is 0 Å². The summed E-state index contributed by atoms with van der Waals surface area (Å²) < 4.78 is 0. The van der Waals surface area contributed by atoms with Crippen LogP contribution in [0.15, 0.2) is 12.1 Å². The highest BCUT2D eigenvalue weighted by Crippen LogP contribution is 2.11. The summed E-state index contributed by atoms with van der Waals surface area (Å²) in [6.45, 7) is 3.68. The average Bonchev–Trinajstić information content (AvgIpc) is 2.26. The number of hydrogen-bond donors (Lipinski definition) is 2. The molecule has 1 aromatic heterocycles. The van der Waals surface area contributed by atoms with E-state index in [1.165, 1.54) is 6.07 Å². The van der Waals surface area contributed by atoms with Gasteiger partial charge in [0, 0.05) is 17.3 Å². The van der Waals surface area contributed by atoms with Crippen molar-refractivity contribution < 1.29 is 14.7 Å². The van der Waals surface area contributed by atoms with Gasteiger partial charge in [-0.25, -0.2) is 4.98 Å². The molecule has 1 unspecified atom stereocenters. The summed E-state index contributed by atoms with van der Waals surface area (Å²) in [5, 5.41) is 11.8. The van der Waals surface area contributed by atoms with Gasteiger partial charge in [0.05, 0.1) is 6.42 Å². The lowest BCUT2D eigenvalue weighted by Crippen LogP contribution is -2.36. The number of pyridine rings is 1. The molecule has 19 heavy (non-hydrogen) atoms. The predicted octanol–water partition coefficient (Wildman–Crippen LogP) is 2.42. The maximum atomic E-state index is 12.0. The van der Waals surface area contributed by atoms with E-state index in [0.29, 0.717) is 17.7 Å². The summed E-state index contributed by atoms with van der Waals surface area (Å²) in [6.07, 6.45) is 1.33. The quantitative estimate of drug-likeness (QED) is 0.786. The van der Waals surface area contributed by atoms with Crippen molar-refractivity contribution in [2.45, 2.75) is 39.2 Å². The number of aromatic nitrogens is 1. The normalized spacial score (nSPS) is 11.9. The van der Waals surface area contributed by atoms with Crippen LogP contribution in [0.25, 0.3) is 0 Å². The Kier molecular flexibility index (Phi) is 5.76. The van der Waals surface area contributed by atoms with E-state index in [1.54, 1.807) is 13.0 Å². The van der Waals surface area contributed by atoms with E-state index in [0.717, 1.165) is 6.42 Å². The highest BCUT2D eigenvalue weighted by atomic mass is 35.5. The molecule has 1 atom stereocenters. The van der Waals surface area contributed by atoms with E-state index in [4.69, 9.17) is 16.7 Å². The minimum absolute atomic E-state index is 0.0859. The summed E-state index contributed by atoms with van der Waals surface area (Å²) in [5.41, 5.74) is 1.03. The third kappa shape index (κ3) is 5.26. The minimum atomic E-state index is -0.928. The highest BCUT2D eigenvalue weighted by molar-refractivity contribution is 6.29. The van der Waals surface area contributed by atoms with E-state index in [2.05, 4.69) is 10.3 Å². The van der Waals surface area contributed by atoms with Crippen molar-refractivity contribution in [1.29, 1.82) is 0 Å². The largest absolute Gasteiger partial charge is 0.481 e. The second-order valence-electron chi connectivity index (χ2n) is 4.38. The van der Waals surface area contributed by atoms with Gasteiger partial charge in [-0.05, 0) is 25.5 Å². The fourth-order valence-corrected chi connectivity index (χ4v) is 2.06. The number of halogens is 1. The molecule has 1 rings (SSSR count). The SMILES string of the molecule is CCCC(CC(=O)O)NC(=O)c1cc(C)nc(Cl)c1. The first-order chi connectivity index (χ1) is 8.92. The lowest BCUT2D eigenvalue weighted by Gasteiger charge is -2.16. The van der Waals surface area contributed by atoms with Crippen molar-refractivity contribution in [3.8, 4) is 0 Å². The number of nitrogens with one attached hydrogen (secondary N) is 1. The Balaban J connectivity index is 2.77. The standard InChI is InChI=1S/C13H17ClN2O3/c1-3-4-10(7-12(17)18)16-13(19)9-5-8(2)15-11(14)6-9/h5-6,10H,3-4,7H2,1-2H3,(H,16,19)(H,17,18). The maximum absolute atomic E-state index is 12.0. The van der Waals surface area contributed by atoms with Crippen molar-refractivity contribution in [3.05, 3.63) is 28.5 Å². The number of carbonyl (C=O) groups excluding carboxylic acids is 1. The monoisotopic (exact) mass is 284 g/mol. The van der Waals surface area contributed by atoms with Crippen molar-refractivity contribution in [3.63, 3.8) is 0 Å². The fourth-order valence-electron chi connectivity index (χ4n) is 1.81. The molecular formula is C13H17ClN2O3. The number of aryl methyl sites for hydroxylation is 1. The maximum Gasteiger partial charge on any atom is 0.305 e. The third-order valence-electron chi connectivity index (χ3n) is 2.58. The molecule has 0 aliphatic carbocycles. The number of nitrogens with zero attached hydrogens (tertiary/aromatic N) is 1. The van der Waals surface area contributed by atoms with E-state index in [9.17, 15) is 9.59 Å². The molecule has 0 aliphatic heterocycles. The van der Waals surface area contributed by atoms with Crippen LogP contribution in [0.5, 0.6) is 0 Å². The predicted molar refractivity (Wildman–Crippen MR) is 72.4 cm³/mol. The first-order valence-electron chi connectivity index (χ1n) is 6.09. The number of carbonyl (C=O) groups is 2. The number of rotatable bonds is 6. The van der Waals surface area contributed by atoms with E-state index < -0.39 is 5.97 Å². The van der Waals surface area contributed by atoms with E-state index in [1.807, 2.05) is 6.92 Å². The molecule has 1 amide bonds. The molecule has 0 radical (unpaired) electrons. The molecule has 5 nitrogen and oxygen atoms in total. The minimum Gasteiger partial charge on any atom is -0.481 e. The van der Waals surface area contributed by atoms with Gasteiger partial charge >= 0.3 is 5.97 Å². The van der Waals surface area contributed by atoms with Crippen LogP contribution < -0.4 is 5.32 Å². The molecule has 1 heterocycles. The van der Waals surface area contributed by atoms with Crippen molar-refractivity contribution in [2.24, 2.45) is 0 Å². The molecule has 0 fully saturated rings. The molecule has 0 spiro atoms. The zero-order chi connectivity index (χ0) is 14.4. The summed E-state index contributed by atoms with van der Waals surface area (Å²) in [7, 11) is 0. The second-order valence-corrected chi connectivity index (χ2v) is 4.76. The van der Waals surface area contributed by atoms with Crippen LogP contribution in [0.4, 0.5) is 0 Å². The average molecular weight is 285 g/mol. The van der Waals surface area contributed by atoms with Crippen LogP contribution in [0.1, 0.15) is 42.2 Å². The second kappa shape index (κ2) is 7.09. The Morgan fingerprint density at radius 2 is 2.16 bits per heavy atom. The fraction of sp³-hybridized carbons (Fsp3) is 0.462. The first-order valence-corrected chi connectivity index (χ1v) is 6.47. The number of carboxylic acids is 1. The molecule has 0 saturated carbocycles. The van der Waals surface area contributed by atoms with Crippen LogP contribution >= 0.6 is 11.6 Å². The lowest BCUT2D eigenvalue weighted by molar-refractivity contribution is -0.137. The van der Waals surface area contributed by atoms with Gasteiger partial charge < -0.3 is 10.4 Å². The topological polar surface area (TPSA) is 79.3 Å². The van der Waals surface area contributed by atoms with Crippen LogP contribution in [0, 0.1) is 6.92 Å². The van der Waals surface area contributed by atoms with Crippen LogP contribution in [-0.2, 0) is 4.79 Å². The van der Waals surface area contributed by atoms with Gasteiger partial charge in [0.2, 0.25) is 0 Å². The molecule has 2 N–H and O–H groups in total. The van der Waals surface area contributed by atoms with Crippen molar-refractivity contribution in [1.82, 2.24) is 10.3 Å². The molecule has 0 aliphatic rings. The molecule has 0 bridgehead atoms. The van der Waals surface area contributed by atoms with Crippen LogP contribution in [-0.4, -0.2) is 28.0 Å². The van der Waals surface area contributed by atoms with E-state index >= 15 is 0 Å². The Morgan fingerprint density at radius 3 is 2.68 bits per heavy atom. The highest BCUT2D eigenvalue weighted by Gasteiger charge is 2.16. The third-order valence-corrected chi connectivity index (χ3v) is 2.77.